The van der Waals surface area contributed by atoms with Gasteiger partial charge in [0.25, 0.3) is 0 Å². The number of hydrazine groups is 1. The first kappa shape index (κ1) is 13.6. The van der Waals surface area contributed by atoms with E-state index in [1.165, 1.54) is 12.4 Å². The lowest BCUT2D eigenvalue weighted by atomic mass is 10.0. The van der Waals surface area contributed by atoms with Crippen molar-refractivity contribution in [2.24, 2.45) is 5.84 Å². The summed E-state index contributed by atoms with van der Waals surface area (Å²) in [5.74, 6) is 5.21. The first-order chi connectivity index (χ1) is 10.2. The van der Waals surface area contributed by atoms with Crippen molar-refractivity contribution in [2.75, 3.05) is 0 Å². The Morgan fingerprint density at radius 2 is 2.05 bits per heavy atom. The van der Waals surface area contributed by atoms with Crippen LogP contribution in [0, 0.1) is 12.7 Å². The fourth-order valence-corrected chi connectivity index (χ4v) is 2.48. The molecular weight excluding hydrogens is 267 g/mol. The van der Waals surface area contributed by atoms with Gasteiger partial charge < -0.3 is 0 Å². The molecule has 3 aromatic rings. The van der Waals surface area contributed by atoms with Gasteiger partial charge in [0, 0.05) is 17.1 Å². The Bertz CT molecular complexity index is 788. The first-order valence-electron chi connectivity index (χ1n) is 6.62. The Morgan fingerprint density at radius 3 is 2.81 bits per heavy atom. The van der Waals surface area contributed by atoms with Crippen LogP contribution in [0.15, 0.2) is 48.8 Å². The Morgan fingerprint density at radius 1 is 1.24 bits per heavy atom. The number of aryl methyl sites for hydroxylation is 1. The molecule has 1 atom stereocenters. The van der Waals surface area contributed by atoms with Crippen LogP contribution < -0.4 is 11.3 Å². The maximum atomic E-state index is 13.9. The van der Waals surface area contributed by atoms with E-state index in [2.05, 4.69) is 15.4 Å². The topological polar surface area (TPSA) is 63.8 Å². The summed E-state index contributed by atoms with van der Waals surface area (Å²) in [5.41, 5.74) is 5.68. The number of aromatic nitrogens is 2. The number of para-hydroxylation sites is 1. The van der Waals surface area contributed by atoms with Crippen molar-refractivity contribution < 1.29 is 4.39 Å². The number of nitrogens with two attached hydrogens (primary N) is 1. The van der Waals surface area contributed by atoms with Crippen molar-refractivity contribution in [2.45, 2.75) is 13.0 Å². The van der Waals surface area contributed by atoms with Gasteiger partial charge in [-0.2, -0.15) is 0 Å². The molecule has 0 saturated carbocycles. The van der Waals surface area contributed by atoms with Crippen molar-refractivity contribution >= 4 is 10.9 Å². The lowest BCUT2D eigenvalue weighted by Crippen LogP contribution is -2.30. The minimum absolute atomic E-state index is 0.409. The second-order valence-corrected chi connectivity index (χ2v) is 4.88. The molecule has 106 valence electrons. The van der Waals surface area contributed by atoms with Crippen LogP contribution in [-0.2, 0) is 0 Å². The van der Waals surface area contributed by atoms with Gasteiger partial charge in [0.05, 0.1) is 23.4 Å². The Balaban J connectivity index is 2.16. The van der Waals surface area contributed by atoms with E-state index < -0.39 is 11.9 Å². The summed E-state index contributed by atoms with van der Waals surface area (Å²) in [6.07, 6.45) is 2.71. The number of nitrogens with zero attached hydrogens (tertiary/aromatic N) is 2. The molecule has 0 aliphatic carbocycles. The number of benzene rings is 1. The van der Waals surface area contributed by atoms with Gasteiger partial charge in [-0.15, -0.1) is 0 Å². The minimum Gasteiger partial charge on any atom is -0.271 e. The summed E-state index contributed by atoms with van der Waals surface area (Å²) < 4.78 is 13.9. The van der Waals surface area contributed by atoms with E-state index in [4.69, 9.17) is 5.84 Å². The molecule has 0 amide bonds. The number of halogens is 1. The molecule has 2 aromatic heterocycles. The van der Waals surface area contributed by atoms with Crippen LogP contribution in [-0.4, -0.2) is 9.97 Å². The Hall–Kier alpha value is -2.37. The normalized spacial score (nSPS) is 12.5. The third-order valence-electron chi connectivity index (χ3n) is 3.52. The summed E-state index contributed by atoms with van der Waals surface area (Å²) in [5, 5.41) is 1.08. The van der Waals surface area contributed by atoms with Gasteiger partial charge in [0.2, 0.25) is 0 Å². The number of hydrogen-bond donors (Lipinski definition) is 2. The fraction of sp³-hybridized carbons (Fsp3) is 0.125. The zero-order chi connectivity index (χ0) is 14.8. The molecule has 0 aliphatic rings. The van der Waals surface area contributed by atoms with Gasteiger partial charge in [-0.25, -0.2) is 9.82 Å². The molecular formula is C16H15FN4. The van der Waals surface area contributed by atoms with Crippen molar-refractivity contribution in [1.29, 1.82) is 0 Å². The molecule has 1 aromatic carbocycles. The number of hydrogen-bond acceptors (Lipinski definition) is 4. The van der Waals surface area contributed by atoms with E-state index in [-0.39, 0.29) is 0 Å². The molecule has 0 fully saturated rings. The SMILES string of the molecule is Cc1cc(C(NN)c2ccncc2F)nc2ccccc12. The predicted octanol–water partition coefficient (Wildman–Crippen LogP) is 2.63. The van der Waals surface area contributed by atoms with Crippen LogP contribution in [0.5, 0.6) is 0 Å². The molecule has 5 heteroatoms. The lowest BCUT2D eigenvalue weighted by Gasteiger charge is -2.17. The average Bonchev–Trinajstić information content (AvgIpc) is 2.50. The Kier molecular flexibility index (Phi) is 3.60. The van der Waals surface area contributed by atoms with Crippen molar-refractivity contribution in [3.8, 4) is 0 Å². The van der Waals surface area contributed by atoms with Crippen molar-refractivity contribution in [3.63, 3.8) is 0 Å². The molecule has 1 unspecified atom stereocenters. The molecule has 2 heterocycles. The summed E-state index contributed by atoms with van der Waals surface area (Å²) in [6.45, 7) is 2.00. The molecule has 3 N–H and O–H groups in total. The lowest BCUT2D eigenvalue weighted by molar-refractivity contribution is 0.549. The van der Waals surface area contributed by atoms with Gasteiger partial charge >= 0.3 is 0 Å². The highest BCUT2D eigenvalue weighted by atomic mass is 19.1. The molecule has 0 radical (unpaired) electrons. The van der Waals surface area contributed by atoms with Gasteiger partial charge in [-0.1, -0.05) is 18.2 Å². The number of pyridine rings is 2. The van der Waals surface area contributed by atoms with Gasteiger partial charge in [-0.3, -0.25) is 15.8 Å². The first-order valence-corrected chi connectivity index (χ1v) is 6.62. The second-order valence-electron chi connectivity index (χ2n) is 4.88. The van der Waals surface area contributed by atoms with Gasteiger partial charge in [0.1, 0.15) is 5.82 Å². The van der Waals surface area contributed by atoms with Crippen molar-refractivity contribution in [3.05, 3.63) is 71.4 Å². The van der Waals surface area contributed by atoms with Gasteiger partial charge in [-0.05, 0) is 30.7 Å². The van der Waals surface area contributed by atoms with E-state index >= 15 is 0 Å². The van der Waals surface area contributed by atoms with Crippen LogP contribution in [0.4, 0.5) is 4.39 Å². The maximum absolute atomic E-state index is 13.9. The molecule has 4 nitrogen and oxygen atoms in total. The predicted molar refractivity (Wildman–Crippen MR) is 79.8 cm³/mol. The summed E-state index contributed by atoms with van der Waals surface area (Å²) >= 11 is 0. The summed E-state index contributed by atoms with van der Waals surface area (Å²) in [7, 11) is 0. The molecule has 0 spiro atoms. The quantitative estimate of drug-likeness (QED) is 0.572. The molecule has 21 heavy (non-hydrogen) atoms. The summed E-state index contributed by atoms with van der Waals surface area (Å²) in [6, 6.07) is 10.9. The largest absolute Gasteiger partial charge is 0.271 e. The molecule has 3 rings (SSSR count). The zero-order valence-corrected chi connectivity index (χ0v) is 11.5. The zero-order valence-electron chi connectivity index (χ0n) is 11.5. The highest BCUT2D eigenvalue weighted by Gasteiger charge is 2.19. The average molecular weight is 282 g/mol. The fourth-order valence-electron chi connectivity index (χ4n) is 2.48. The number of fused-ring (bicyclic) bond motifs is 1. The number of nitrogens with one attached hydrogen (secondary N) is 1. The van der Waals surface area contributed by atoms with Crippen LogP contribution in [0.2, 0.25) is 0 Å². The minimum atomic E-state index is -0.517. The second kappa shape index (κ2) is 5.55. The monoisotopic (exact) mass is 282 g/mol. The molecule has 0 saturated heterocycles. The van der Waals surface area contributed by atoms with E-state index in [9.17, 15) is 4.39 Å². The molecule has 0 aliphatic heterocycles. The van der Waals surface area contributed by atoms with Crippen LogP contribution in [0.3, 0.4) is 0 Å². The van der Waals surface area contributed by atoms with E-state index in [1.807, 2.05) is 37.3 Å². The van der Waals surface area contributed by atoms with E-state index in [1.54, 1.807) is 6.07 Å². The van der Waals surface area contributed by atoms with Crippen LogP contribution in [0.25, 0.3) is 10.9 Å². The highest BCUT2D eigenvalue weighted by molar-refractivity contribution is 5.82. The van der Waals surface area contributed by atoms with E-state index in [0.717, 1.165) is 16.5 Å². The van der Waals surface area contributed by atoms with Crippen molar-refractivity contribution in [1.82, 2.24) is 15.4 Å². The maximum Gasteiger partial charge on any atom is 0.146 e. The van der Waals surface area contributed by atoms with E-state index in [0.29, 0.717) is 11.3 Å². The Labute approximate surface area is 121 Å². The summed E-state index contributed by atoms with van der Waals surface area (Å²) in [4.78, 5) is 8.35. The third kappa shape index (κ3) is 2.49. The standard InChI is InChI=1S/C16H15FN4/c1-10-8-15(20-14-5-3-2-4-11(10)14)16(21-18)12-6-7-19-9-13(12)17/h2-9,16,21H,18H2,1H3. The van der Waals surface area contributed by atoms with Crippen LogP contribution in [0.1, 0.15) is 22.9 Å². The third-order valence-corrected chi connectivity index (χ3v) is 3.52. The van der Waals surface area contributed by atoms with Gasteiger partial charge in [0.15, 0.2) is 0 Å². The highest BCUT2D eigenvalue weighted by Crippen LogP contribution is 2.25. The number of rotatable bonds is 3. The van der Waals surface area contributed by atoms with Crippen LogP contribution >= 0.6 is 0 Å². The smallest absolute Gasteiger partial charge is 0.146 e. The molecule has 0 bridgehead atoms.